The minimum atomic E-state index is -0.0878. The number of benzene rings is 2. The van der Waals surface area contributed by atoms with Crippen molar-refractivity contribution < 1.29 is 0 Å². The lowest BCUT2D eigenvalue weighted by Gasteiger charge is -2.30. The Hall–Kier alpha value is -4.17. The molecule has 0 aliphatic carbocycles. The van der Waals surface area contributed by atoms with Crippen LogP contribution in [0.5, 0.6) is 0 Å². The van der Waals surface area contributed by atoms with E-state index in [1.54, 1.807) is 6.20 Å². The van der Waals surface area contributed by atoms with Gasteiger partial charge in [-0.25, -0.2) is 4.68 Å². The smallest absolute Gasteiger partial charge is 0.252 e. The molecule has 0 fully saturated rings. The van der Waals surface area contributed by atoms with Crippen LogP contribution in [0.15, 0.2) is 77.9 Å². The van der Waals surface area contributed by atoms with Crippen molar-refractivity contribution in [1.29, 1.82) is 0 Å². The van der Waals surface area contributed by atoms with Gasteiger partial charge < -0.3 is 4.98 Å². The largest absolute Gasteiger partial charge is 0.322 e. The summed E-state index contributed by atoms with van der Waals surface area (Å²) in [5, 5.41) is 13.9. The van der Waals surface area contributed by atoms with Crippen LogP contribution in [0.25, 0.3) is 10.9 Å². The summed E-state index contributed by atoms with van der Waals surface area (Å²) < 4.78 is 1.90. The summed E-state index contributed by atoms with van der Waals surface area (Å²) in [7, 11) is 0. The fourth-order valence-electron chi connectivity index (χ4n) is 5.15. The number of aryl methyl sites for hydroxylation is 4. The van der Waals surface area contributed by atoms with Gasteiger partial charge in [-0.2, -0.15) is 0 Å². The van der Waals surface area contributed by atoms with Crippen LogP contribution in [-0.4, -0.2) is 35.1 Å². The standard InChI is InChI=1S/C30H33N7O/c1-4-28(29-33-34-35-37(29)14-12-23-9-6-5-7-10-23)36(19-24-11-8-13-31-18-24)20-25-17-26-22(3)15-21(2)16-27(26)32-30(25)38/h5-11,13,15-18,28H,4,12,14,19-20H2,1-3H3,(H,32,38)/t28-/m1/s1. The third-order valence-corrected chi connectivity index (χ3v) is 7.01. The fourth-order valence-corrected chi connectivity index (χ4v) is 5.15. The van der Waals surface area contributed by atoms with Crippen molar-refractivity contribution in [3.8, 4) is 0 Å². The summed E-state index contributed by atoms with van der Waals surface area (Å²) in [5.74, 6) is 0.802. The Bertz CT molecular complexity index is 1560. The average Bonchev–Trinajstić information content (AvgIpc) is 3.38. The minimum Gasteiger partial charge on any atom is -0.322 e. The van der Waals surface area contributed by atoms with Crippen molar-refractivity contribution >= 4 is 10.9 Å². The van der Waals surface area contributed by atoms with Gasteiger partial charge in [0.05, 0.1) is 6.04 Å². The van der Waals surface area contributed by atoms with Crippen molar-refractivity contribution in [3.63, 3.8) is 0 Å². The molecule has 38 heavy (non-hydrogen) atoms. The van der Waals surface area contributed by atoms with Crippen LogP contribution in [0.3, 0.4) is 0 Å². The number of fused-ring (bicyclic) bond motifs is 1. The predicted octanol–water partition coefficient (Wildman–Crippen LogP) is 4.92. The maximum atomic E-state index is 13.2. The molecule has 1 atom stereocenters. The Morgan fingerprint density at radius 2 is 1.82 bits per heavy atom. The zero-order valence-corrected chi connectivity index (χ0v) is 22.1. The molecule has 0 amide bonds. The van der Waals surface area contributed by atoms with Gasteiger partial charge in [0, 0.05) is 48.5 Å². The molecule has 194 valence electrons. The Morgan fingerprint density at radius 3 is 2.58 bits per heavy atom. The zero-order valence-electron chi connectivity index (χ0n) is 22.1. The van der Waals surface area contributed by atoms with Crippen LogP contribution < -0.4 is 5.56 Å². The molecule has 8 heteroatoms. The van der Waals surface area contributed by atoms with Crippen LogP contribution in [0.4, 0.5) is 0 Å². The minimum absolute atomic E-state index is 0.0720. The summed E-state index contributed by atoms with van der Waals surface area (Å²) in [4.78, 5) is 22.9. The van der Waals surface area contributed by atoms with Crippen molar-refractivity contribution in [1.82, 2.24) is 35.1 Å². The van der Waals surface area contributed by atoms with Gasteiger partial charge in [-0.3, -0.25) is 14.7 Å². The second-order valence-electron chi connectivity index (χ2n) is 9.85. The van der Waals surface area contributed by atoms with E-state index in [1.807, 2.05) is 54.2 Å². The van der Waals surface area contributed by atoms with E-state index in [2.05, 4.69) is 68.5 Å². The molecule has 0 saturated carbocycles. The summed E-state index contributed by atoms with van der Waals surface area (Å²) in [6.45, 7) is 8.01. The first-order valence-corrected chi connectivity index (χ1v) is 13.1. The molecule has 1 N–H and O–H groups in total. The molecule has 8 nitrogen and oxygen atoms in total. The number of nitrogens with zero attached hydrogens (tertiary/aromatic N) is 6. The average molecular weight is 508 g/mol. The number of aromatic amines is 1. The molecule has 0 spiro atoms. The number of nitrogens with one attached hydrogen (secondary N) is 1. The maximum Gasteiger partial charge on any atom is 0.252 e. The zero-order chi connectivity index (χ0) is 26.5. The molecule has 0 bridgehead atoms. The highest BCUT2D eigenvalue weighted by atomic mass is 16.1. The summed E-state index contributed by atoms with van der Waals surface area (Å²) in [5.41, 5.74) is 6.10. The monoisotopic (exact) mass is 507 g/mol. The molecular formula is C30H33N7O. The third-order valence-electron chi connectivity index (χ3n) is 7.01. The van der Waals surface area contributed by atoms with E-state index >= 15 is 0 Å². The van der Waals surface area contributed by atoms with E-state index in [1.165, 1.54) is 5.56 Å². The molecule has 0 unspecified atom stereocenters. The number of hydrogen-bond acceptors (Lipinski definition) is 6. The second kappa shape index (κ2) is 11.5. The Labute approximate surface area is 222 Å². The van der Waals surface area contributed by atoms with Crippen molar-refractivity contribution in [2.75, 3.05) is 0 Å². The normalized spacial score (nSPS) is 12.3. The highest BCUT2D eigenvalue weighted by Crippen LogP contribution is 2.27. The van der Waals surface area contributed by atoms with Crippen LogP contribution in [0, 0.1) is 13.8 Å². The number of H-pyrrole nitrogens is 1. The first kappa shape index (κ1) is 25.5. The van der Waals surface area contributed by atoms with Crippen LogP contribution in [0.1, 0.15) is 53.0 Å². The second-order valence-corrected chi connectivity index (χ2v) is 9.85. The Balaban J connectivity index is 1.49. The third kappa shape index (κ3) is 5.70. The van der Waals surface area contributed by atoms with Gasteiger partial charge in [-0.05, 0) is 77.6 Å². The van der Waals surface area contributed by atoms with Gasteiger partial charge in [0.15, 0.2) is 5.82 Å². The van der Waals surface area contributed by atoms with Crippen LogP contribution in [0.2, 0.25) is 0 Å². The molecule has 5 rings (SSSR count). The number of aromatic nitrogens is 6. The van der Waals surface area contributed by atoms with Crippen LogP contribution in [-0.2, 0) is 26.1 Å². The van der Waals surface area contributed by atoms with Gasteiger partial charge in [0.25, 0.3) is 5.56 Å². The molecular weight excluding hydrogens is 474 g/mol. The first-order chi connectivity index (χ1) is 18.5. The number of hydrogen-bond donors (Lipinski definition) is 1. The van der Waals surface area contributed by atoms with Gasteiger partial charge in [0.2, 0.25) is 0 Å². The molecule has 3 heterocycles. The lowest BCUT2D eigenvalue weighted by Crippen LogP contribution is -2.32. The lowest BCUT2D eigenvalue weighted by molar-refractivity contribution is 0.160. The Morgan fingerprint density at radius 1 is 1.00 bits per heavy atom. The maximum absolute atomic E-state index is 13.2. The fraction of sp³-hybridized carbons (Fsp3) is 0.300. The highest BCUT2D eigenvalue weighted by Gasteiger charge is 2.26. The van der Waals surface area contributed by atoms with Gasteiger partial charge in [0.1, 0.15) is 0 Å². The first-order valence-electron chi connectivity index (χ1n) is 13.1. The highest BCUT2D eigenvalue weighted by molar-refractivity contribution is 5.83. The molecule has 5 aromatic rings. The molecule has 0 radical (unpaired) electrons. The molecule has 0 saturated heterocycles. The van der Waals surface area contributed by atoms with Crippen molar-refractivity contribution in [2.24, 2.45) is 0 Å². The van der Waals surface area contributed by atoms with E-state index in [0.717, 1.165) is 51.8 Å². The number of tetrazole rings is 1. The van der Waals surface area contributed by atoms with Gasteiger partial charge in [-0.1, -0.05) is 49.4 Å². The number of rotatable bonds is 10. The topological polar surface area (TPSA) is 92.6 Å². The van der Waals surface area contributed by atoms with Crippen molar-refractivity contribution in [2.45, 2.75) is 59.3 Å². The van der Waals surface area contributed by atoms with E-state index < -0.39 is 0 Å². The van der Waals surface area contributed by atoms with Crippen LogP contribution >= 0.6 is 0 Å². The summed E-state index contributed by atoms with van der Waals surface area (Å²) in [6.07, 6.45) is 5.26. The van der Waals surface area contributed by atoms with E-state index in [0.29, 0.717) is 19.6 Å². The van der Waals surface area contributed by atoms with Gasteiger partial charge >= 0.3 is 0 Å². The van der Waals surface area contributed by atoms with E-state index in [9.17, 15) is 4.79 Å². The van der Waals surface area contributed by atoms with Gasteiger partial charge in [-0.15, -0.1) is 5.10 Å². The Kier molecular flexibility index (Phi) is 7.70. The molecule has 0 aliphatic heterocycles. The molecule has 0 aliphatic rings. The SMILES string of the molecule is CC[C@H](c1nnnn1CCc1ccccc1)N(Cc1cccnc1)Cc1cc2c(C)cc(C)cc2[nH]c1=O. The quantitative estimate of drug-likeness (QED) is 0.288. The summed E-state index contributed by atoms with van der Waals surface area (Å²) in [6, 6.07) is 20.5. The molecule has 2 aromatic carbocycles. The summed E-state index contributed by atoms with van der Waals surface area (Å²) >= 11 is 0. The van der Waals surface area contributed by atoms with E-state index in [4.69, 9.17) is 0 Å². The van der Waals surface area contributed by atoms with E-state index in [-0.39, 0.29) is 11.6 Å². The van der Waals surface area contributed by atoms with Crippen molar-refractivity contribution in [3.05, 3.63) is 117 Å². The predicted molar refractivity (Wildman–Crippen MR) is 149 cm³/mol. The lowest BCUT2D eigenvalue weighted by atomic mass is 10.0. The number of pyridine rings is 2. The molecule has 3 aromatic heterocycles.